The van der Waals surface area contributed by atoms with Gasteiger partial charge in [0.15, 0.2) is 0 Å². The number of hydrogen-bond acceptors (Lipinski definition) is 2. The quantitative estimate of drug-likeness (QED) is 0.631. The number of imide groups is 1. The highest BCUT2D eigenvalue weighted by Crippen LogP contribution is 2.24. The van der Waals surface area contributed by atoms with Crippen molar-refractivity contribution in [3.05, 3.63) is 70.7 Å². The Kier molecular flexibility index (Phi) is 4.58. The fraction of sp³-hybridized carbons (Fsp3) is 0.158. The molecule has 1 aliphatic heterocycles. The van der Waals surface area contributed by atoms with E-state index >= 15 is 0 Å². The third-order valence-electron chi connectivity index (χ3n) is 3.81. The first-order valence-corrected chi connectivity index (χ1v) is 7.90. The zero-order chi connectivity index (χ0) is 16.2. The fourth-order valence-corrected chi connectivity index (χ4v) is 2.75. The number of hydrogen-bond donors (Lipinski definition) is 0. The van der Waals surface area contributed by atoms with Gasteiger partial charge in [-0.25, -0.2) is 0 Å². The minimum Gasteiger partial charge on any atom is -0.278 e. The molecular formula is C19H16ClNO2. The van der Waals surface area contributed by atoms with Crippen LogP contribution < -0.4 is 0 Å². The first-order valence-electron chi connectivity index (χ1n) is 7.52. The van der Waals surface area contributed by atoms with E-state index in [-0.39, 0.29) is 11.8 Å². The van der Waals surface area contributed by atoms with Crippen molar-refractivity contribution in [3.8, 4) is 0 Å². The molecule has 4 heteroatoms. The van der Waals surface area contributed by atoms with E-state index in [1.807, 2.05) is 42.5 Å². The number of halogens is 1. The van der Waals surface area contributed by atoms with E-state index in [9.17, 15) is 9.59 Å². The van der Waals surface area contributed by atoms with Crippen LogP contribution in [0.4, 0.5) is 0 Å². The highest BCUT2D eigenvalue weighted by atomic mass is 35.5. The molecule has 1 aliphatic rings. The highest BCUT2D eigenvalue weighted by Gasteiger charge is 2.29. The Morgan fingerprint density at radius 1 is 1.04 bits per heavy atom. The van der Waals surface area contributed by atoms with Gasteiger partial charge in [0.25, 0.3) is 5.91 Å². The largest absolute Gasteiger partial charge is 0.278 e. The summed E-state index contributed by atoms with van der Waals surface area (Å²) in [4.78, 5) is 26.1. The molecule has 0 saturated carbocycles. The summed E-state index contributed by atoms with van der Waals surface area (Å²) in [5.41, 5.74) is 2.18. The van der Waals surface area contributed by atoms with E-state index < -0.39 is 0 Å². The van der Waals surface area contributed by atoms with Crippen molar-refractivity contribution in [1.29, 1.82) is 0 Å². The second-order valence-corrected chi connectivity index (χ2v) is 5.87. The summed E-state index contributed by atoms with van der Waals surface area (Å²) in [6.45, 7) is 0.489. The fourth-order valence-electron chi connectivity index (χ4n) is 2.62. The minimum absolute atomic E-state index is 0.104. The first-order chi connectivity index (χ1) is 11.1. The number of amides is 2. The normalized spacial score (nSPS) is 15.1. The molecule has 0 aromatic heterocycles. The summed E-state index contributed by atoms with van der Waals surface area (Å²) >= 11 is 5.91. The second-order valence-electron chi connectivity index (χ2n) is 5.43. The van der Waals surface area contributed by atoms with Crippen molar-refractivity contribution in [2.45, 2.75) is 12.8 Å². The lowest BCUT2D eigenvalue weighted by Gasteiger charge is -2.16. The minimum atomic E-state index is -0.242. The van der Waals surface area contributed by atoms with Crippen LogP contribution in [0.5, 0.6) is 0 Å². The Hall–Kier alpha value is -2.39. The predicted octanol–water partition coefficient (Wildman–Crippen LogP) is 4.03. The zero-order valence-corrected chi connectivity index (χ0v) is 13.3. The summed E-state index contributed by atoms with van der Waals surface area (Å²) < 4.78 is 0. The van der Waals surface area contributed by atoms with Gasteiger partial charge >= 0.3 is 0 Å². The van der Waals surface area contributed by atoms with Gasteiger partial charge in [-0.05, 0) is 35.8 Å². The van der Waals surface area contributed by atoms with Crippen LogP contribution >= 0.6 is 11.6 Å². The Morgan fingerprint density at radius 3 is 2.35 bits per heavy atom. The van der Waals surface area contributed by atoms with Gasteiger partial charge in [-0.1, -0.05) is 54.1 Å². The van der Waals surface area contributed by atoms with Crippen LogP contribution in [-0.2, 0) is 9.59 Å². The SMILES string of the molecule is O=C1CCCN1C(=O)/C(=C/c1ccc(Cl)cc1)c1ccccc1. The maximum atomic E-state index is 12.8. The van der Waals surface area contributed by atoms with Crippen molar-refractivity contribution in [3.63, 3.8) is 0 Å². The van der Waals surface area contributed by atoms with Gasteiger partial charge in [0.05, 0.1) is 0 Å². The van der Waals surface area contributed by atoms with Gasteiger partial charge in [-0.2, -0.15) is 0 Å². The van der Waals surface area contributed by atoms with Crippen LogP contribution in [0.3, 0.4) is 0 Å². The summed E-state index contributed by atoms with van der Waals surface area (Å²) in [5.74, 6) is -0.346. The van der Waals surface area contributed by atoms with E-state index in [0.717, 1.165) is 17.5 Å². The molecule has 2 aromatic carbocycles. The zero-order valence-electron chi connectivity index (χ0n) is 12.5. The topological polar surface area (TPSA) is 37.4 Å². The van der Waals surface area contributed by atoms with Crippen LogP contribution in [-0.4, -0.2) is 23.3 Å². The van der Waals surface area contributed by atoms with Gasteiger partial charge in [-0.3, -0.25) is 14.5 Å². The predicted molar refractivity (Wildman–Crippen MR) is 91.7 cm³/mol. The number of rotatable bonds is 3. The molecule has 0 bridgehead atoms. The number of carbonyl (C=O) groups excluding carboxylic acids is 2. The number of benzene rings is 2. The third-order valence-corrected chi connectivity index (χ3v) is 4.07. The lowest BCUT2D eigenvalue weighted by molar-refractivity contribution is -0.138. The van der Waals surface area contributed by atoms with Crippen molar-refractivity contribution >= 4 is 35.1 Å². The van der Waals surface area contributed by atoms with Crippen LogP contribution in [0, 0.1) is 0 Å². The summed E-state index contributed by atoms with van der Waals surface area (Å²) in [5, 5.41) is 0.643. The van der Waals surface area contributed by atoms with Gasteiger partial charge in [0, 0.05) is 23.6 Å². The Labute approximate surface area is 140 Å². The molecule has 3 rings (SSSR count). The molecule has 0 radical (unpaired) electrons. The monoisotopic (exact) mass is 325 g/mol. The van der Waals surface area contributed by atoms with Crippen LogP contribution in [0.15, 0.2) is 54.6 Å². The molecule has 3 nitrogen and oxygen atoms in total. The third kappa shape index (κ3) is 3.51. The number of nitrogens with zero attached hydrogens (tertiary/aromatic N) is 1. The summed E-state index contributed by atoms with van der Waals surface area (Å²) in [7, 11) is 0. The van der Waals surface area contributed by atoms with E-state index in [2.05, 4.69) is 0 Å². The van der Waals surface area contributed by atoms with Crippen LogP contribution in [0.2, 0.25) is 5.02 Å². The van der Waals surface area contributed by atoms with Crippen LogP contribution in [0.1, 0.15) is 24.0 Å². The molecular weight excluding hydrogens is 310 g/mol. The summed E-state index contributed by atoms with van der Waals surface area (Å²) in [6.07, 6.45) is 2.97. The average Bonchev–Trinajstić information content (AvgIpc) is 3.00. The van der Waals surface area contributed by atoms with Crippen molar-refractivity contribution in [2.24, 2.45) is 0 Å². The maximum absolute atomic E-state index is 12.8. The molecule has 116 valence electrons. The lowest BCUT2D eigenvalue weighted by Crippen LogP contribution is -2.32. The second kappa shape index (κ2) is 6.80. The average molecular weight is 326 g/mol. The summed E-state index contributed by atoms with van der Waals surface area (Å²) in [6, 6.07) is 16.7. The first kappa shape index (κ1) is 15.5. The standard InChI is InChI=1S/C19H16ClNO2/c20-16-10-8-14(9-11-16)13-17(15-5-2-1-3-6-15)19(23)21-12-4-7-18(21)22/h1-3,5-6,8-11,13H,4,7,12H2/b17-13+. The van der Waals surface area contributed by atoms with Gasteiger partial charge in [0.2, 0.25) is 5.91 Å². The van der Waals surface area contributed by atoms with Gasteiger partial charge in [0.1, 0.15) is 0 Å². The van der Waals surface area contributed by atoms with Gasteiger partial charge < -0.3 is 0 Å². The molecule has 0 unspecified atom stereocenters. The van der Waals surface area contributed by atoms with Crippen LogP contribution in [0.25, 0.3) is 11.6 Å². The van der Waals surface area contributed by atoms with E-state index in [1.165, 1.54) is 4.90 Å². The molecule has 1 fully saturated rings. The number of carbonyl (C=O) groups is 2. The van der Waals surface area contributed by atoms with Crippen molar-refractivity contribution in [2.75, 3.05) is 6.54 Å². The molecule has 0 N–H and O–H groups in total. The molecule has 2 aromatic rings. The molecule has 0 atom stereocenters. The molecule has 23 heavy (non-hydrogen) atoms. The van der Waals surface area contributed by atoms with Crippen molar-refractivity contribution in [1.82, 2.24) is 4.90 Å². The highest BCUT2D eigenvalue weighted by molar-refractivity contribution is 6.30. The smallest absolute Gasteiger partial charge is 0.261 e. The Morgan fingerprint density at radius 2 is 1.74 bits per heavy atom. The Balaban J connectivity index is 2.02. The molecule has 1 saturated heterocycles. The van der Waals surface area contributed by atoms with E-state index in [4.69, 9.17) is 11.6 Å². The Bertz CT molecular complexity index is 751. The molecule has 1 heterocycles. The molecule has 0 spiro atoms. The maximum Gasteiger partial charge on any atom is 0.261 e. The van der Waals surface area contributed by atoms with Gasteiger partial charge in [-0.15, -0.1) is 0 Å². The molecule has 0 aliphatic carbocycles. The lowest BCUT2D eigenvalue weighted by atomic mass is 10.0. The van der Waals surface area contributed by atoms with E-state index in [0.29, 0.717) is 23.6 Å². The number of likely N-dealkylation sites (tertiary alicyclic amines) is 1. The van der Waals surface area contributed by atoms with Crippen molar-refractivity contribution < 1.29 is 9.59 Å². The van der Waals surface area contributed by atoms with E-state index in [1.54, 1.807) is 18.2 Å². The molecule has 2 amide bonds.